The van der Waals surface area contributed by atoms with Crippen LogP contribution in [0.1, 0.15) is 62.3 Å². The van der Waals surface area contributed by atoms with E-state index in [0.717, 1.165) is 24.0 Å². The van der Waals surface area contributed by atoms with Gasteiger partial charge in [0.25, 0.3) is 5.91 Å². The topological polar surface area (TPSA) is 151 Å². The number of urea groups is 1. The van der Waals surface area contributed by atoms with Crippen LogP contribution in [0.15, 0.2) is 18.3 Å². The molecule has 2 N–H and O–H groups in total. The summed E-state index contributed by atoms with van der Waals surface area (Å²) in [5, 5.41) is 15.5. The van der Waals surface area contributed by atoms with Crippen LogP contribution in [0.5, 0.6) is 0 Å². The number of hydrogen-bond acceptors (Lipinski definition) is 10. The van der Waals surface area contributed by atoms with Gasteiger partial charge >= 0.3 is 6.03 Å². The summed E-state index contributed by atoms with van der Waals surface area (Å²) in [5.41, 5.74) is 3.10. The van der Waals surface area contributed by atoms with Gasteiger partial charge in [-0.2, -0.15) is 5.26 Å². The number of hydrogen-bond donors (Lipinski definition) is 2. The van der Waals surface area contributed by atoms with Crippen LogP contribution >= 0.6 is 0 Å². The zero-order valence-corrected chi connectivity index (χ0v) is 29.2. The van der Waals surface area contributed by atoms with Crippen molar-refractivity contribution in [3.05, 3.63) is 40.7 Å². The van der Waals surface area contributed by atoms with Crippen LogP contribution in [-0.4, -0.2) is 88.8 Å². The fourth-order valence-electron chi connectivity index (χ4n) is 5.34. The van der Waals surface area contributed by atoms with E-state index in [2.05, 4.69) is 55.6 Å². The first-order valence-corrected chi connectivity index (χ1v) is 18.5. The molecule has 1 saturated heterocycles. The average molecular weight is 654 g/mol. The number of aromatic nitrogens is 2. The minimum Gasteiger partial charge on any atom is -0.405 e. The molecule has 13 nitrogen and oxygen atoms in total. The monoisotopic (exact) mass is 653 g/mol. The van der Waals surface area contributed by atoms with Gasteiger partial charge in [0.1, 0.15) is 29.5 Å². The Morgan fingerprint density at radius 2 is 1.93 bits per heavy atom. The maximum atomic E-state index is 13.6. The van der Waals surface area contributed by atoms with E-state index in [1.54, 1.807) is 18.1 Å². The van der Waals surface area contributed by atoms with Gasteiger partial charge in [-0.3, -0.25) is 15.0 Å². The van der Waals surface area contributed by atoms with E-state index in [0.29, 0.717) is 67.8 Å². The second-order valence-electron chi connectivity index (χ2n) is 13.1. The van der Waals surface area contributed by atoms with Crippen molar-refractivity contribution < 1.29 is 28.2 Å². The molecule has 0 spiro atoms. The fourth-order valence-corrected chi connectivity index (χ4v) is 6.63. The minimum absolute atomic E-state index is 0.00199. The molecule has 4 rings (SSSR count). The molecule has 2 aliphatic rings. The zero-order valence-electron chi connectivity index (χ0n) is 28.2. The number of aryl methyl sites for hydroxylation is 1. The Bertz CT molecular complexity index is 1450. The molecule has 14 heteroatoms. The molecule has 4 heterocycles. The molecule has 0 aliphatic carbocycles. The van der Waals surface area contributed by atoms with Crippen LogP contribution in [0.25, 0.3) is 0 Å². The fraction of sp³-hybridized carbons (Fsp3) is 0.594. The van der Waals surface area contributed by atoms with Crippen molar-refractivity contribution in [3.63, 3.8) is 0 Å². The summed E-state index contributed by atoms with van der Waals surface area (Å²) in [5.74, 6) is 0.772. The van der Waals surface area contributed by atoms with Crippen LogP contribution in [0.3, 0.4) is 0 Å². The van der Waals surface area contributed by atoms with Crippen molar-refractivity contribution >= 4 is 37.6 Å². The molecule has 2 aliphatic heterocycles. The second kappa shape index (κ2) is 14.9. The number of rotatable bonds is 12. The van der Waals surface area contributed by atoms with Gasteiger partial charge in [-0.15, -0.1) is 0 Å². The maximum Gasteiger partial charge on any atom is 0.328 e. The standard InChI is InChI=1S/C32H47N7O6Si/c1-32(2,3)46(7,8)45-25-11-14-38(29(25)40)20-22-16-21-10-9-13-39(28(21)37-27(22)30(43-5)44-6)31(41)36-26-17-24(34-12-15-42-4)23(18-33)19-35-26/h16-17,19,25,30H,9-15,20H2,1-8H3,(H2,34,35,36,41)/t25-/m0/s1. The molecule has 250 valence electrons. The Hall–Kier alpha value is -3.61. The van der Waals surface area contributed by atoms with Crippen molar-refractivity contribution in [3.8, 4) is 6.07 Å². The quantitative estimate of drug-likeness (QED) is 0.186. The number of nitrogens with zero attached hydrogens (tertiary/aromatic N) is 5. The first-order chi connectivity index (χ1) is 21.8. The number of carbonyl (C=O) groups excluding carboxylic acids is 2. The SMILES string of the molecule is COCCNc1cc(NC(=O)N2CCCc3cc(CN4CC[C@H](O[Si](C)(C)C(C)(C)C)C4=O)c(C(OC)OC)nc32)ncc1C#N. The number of fused-ring (bicyclic) bond motifs is 1. The Balaban J connectivity index is 1.58. The Morgan fingerprint density at radius 3 is 2.59 bits per heavy atom. The highest BCUT2D eigenvalue weighted by Crippen LogP contribution is 2.39. The van der Waals surface area contributed by atoms with Gasteiger partial charge in [-0.25, -0.2) is 14.8 Å². The van der Waals surface area contributed by atoms with Gasteiger partial charge in [0, 0.05) is 59.8 Å². The third kappa shape index (κ3) is 7.84. The predicted molar refractivity (Wildman–Crippen MR) is 177 cm³/mol. The first kappa shape index (κ1) is 35.2. The highest BCUT2D eigenvalue weighted by atomic mass is 28.4. The number of carbonyl (C=O) groups is 2. The number of ether oxygens (including phenoxy) is 3. The Labute approximate surface area is 272 Å². The summed E-state index contributed by atoms with van der Waals surface area (Å²) < 4.78 is 22.8. The molecule has 0 aromatic carbocycles. The second-order valence-corrected chi connectivity index (χ2v) is 17.8. The lowest BCUT2D eigenvalue weighted by Gasteiger charge is -2.37. The average Bonchev–Trinajstić information content (AvgIpc) is 3.34. The third-order valence-electron chi connectivity index (χ3n) is 8.90. The van der Waals surface area contributed by atoms with Gasteiger partial charge in [0.2, 0.25) is 6.29 Å². The first-order valence-electron chi connectivity index (χ1n) is 15.6. The molecule has 1 atom stereocenters. The van der Waals surface area contributed by atoms with Crippen LogP contribution < -0.4 is 15.5 Å². The lowest BCUT2D eigenvalue weighted by atomic mass is 10.0. The highest BCUT2D eigenvalue weighted by molar-refractivity contribution is 6.74. The molecular formula is C32H47N7O6Si. The molecule has 0 saturated carbocycles. The van der Waals surface area contributed by atoms with Crippen LogP contribution in [0, 0.1) is 11.3 Å². The van der Waals surface area contributed by atoms with Crippen LogP contribution in [0.2, 0.25) is 18.1 Å². The summed E-state index contributed by atoms with van der Waals surface area (Å²) >= 11 is 0. The van der Waals surface area contributed by atoms with E-state index >= 15 is 0 Å². The molecule has 46 heavy (non-hydrogen) atoms. The largest absolute Gasteiger partial charge is 0.405 e. The number of nitrogens with one attached hydrogen (secondary N) is 2. The molecule has 0 radical (unpaired) electrons. The van der Waals surface area contributed by atoms with Gasteiger partial charge in [-0.05, 0) is 54.6 Å². The highest BCUT2D eigenvalue weighted by Gasteiger charge is 2.43. The van der Waals surface area contributed by atoms with E-state index in [-0.39, 0.29) is 10.9 Å². The Kier molecular flexibility index (Phi) is 11.4. The molecule has 1 fully saturated rings. The van der Waals surface area contributed by atoms with Crippen molar-refractivity contribution in [1.29, 1.82) is 5.26 Å². The normalized spacial score (nSPS) is 16.9. The number of nitriles is 1. The smallest absolute Gasteiger partial charge is 0.328 e. The van der Waals surface area contributed by atoms with Crippen molar-refractivity contribution in [2.75, 3.05) is 63.1 Å². The Morgan fingerprint density at radius 1 is 1.20 bits per heavy atom. The maximum absolute atomic E-state index is 13.6. The van der Waals surface area contributed by atoms with E-state index in [1.165, 1.54) is 20.4 Å². The van der Waals surface area contributed by atoms with Gasteiger partial charge in [-0.1, -0.05) is 20.8 Å². The molecule has 0 unspecified atom stereocenters. The number of likely N-dealkylation sites (tertiary alicyclic amines) is 1. The van der Waals surface area contributed by atoms with Crippen LogP contribution in [-0.2, 0) is 36.4 Å². The molecule has 3 amide bonds. The van der Waals surface area contributed by atoms with Gasteiger partial charge in [0.05, 0.1) is 17.9 Å². The molecule has 2 aromatic rings. The summed E-state index contributed by atoms with van der Waals surface area (Å²) in [4.78, 5) is 39.7. The number of pyridine rings is 2. The van der Waals surface area contributed by atoms with E-state index < -0.39 is 26.7 Å². The number of amides is 3. The van der Waals surface area contributed by atoms with Crippen LogP contribution in [0.4, 0.5) is 22.1 Å². The molecular weight excluding hydrogens is 606 g/mol. The van der Waals surface area contributed by atoms with Crippen molar-refractivity contribution in [1.82, 2.24) is 14.9 Å². The van der Waals surface area contributed by atoms with Gasteiger partial charge < -0.3 is 28.9 Å². The lowest BCUT2D eigenvalue weighted by Crippen LogP contribution is -2.46. The third-order valence-corrected chi connectivity index (χ3v) is 13.4. The van der Waals surface area contributed by atoms with Crippen molar-refractivity contribution in [2.45, 2.75) is 77.1 Å². The summed E-state index contributed by atoms with van der Waals surface area (Å²) in [6.07, 6.45) is 2.25. The van der Waals surface area contributed by atoms with Crippen molar-refractivity contribution in [2.24, 2.45) is 0 Å². The summed E-state index contributed by atoms with van der Waals surface area (Å²) in [6, 6.07) is 5.34. The summed E-state index contributed by atoms with van der Waals surface area (Å²) in [7, 11) is 2.53. The number of anilines is 3. The molecule has 2 aromatic heterocycles. The minimum atomic E-state index is -2.13. The summed E-state index contributed by atoms with van der Waals surface area (Å²) in [6.45, 7) is 13.1. The predicted octanol–water partition coefficient (Wildman–Crippen LogP) is 4.81. The molecule has 0 bridgehead atoms. The van der Waals surface area contributed by atoms with E-state index in [1.807, 2.05) is 11.0 Å². The van der Waals surface area contributed by atoms with E-state index in [4.69, 9.17) is 23.6 Å². The number of methoxy groups -OCH3 is 3. The zero-order chi connectivity index (χ0) is 33.6. The van der Waals surface area contributed by atoms with E-state index in [9.17, 15) is 14.9 Å². The van der Waals surface area contributed by atoms with Gasteiger partial charge in [0.15, 0.2) is 8.32 Å². The lowest BCUT2D eigenvalue weighted by molar-refractivity contribution is -0.134.